The first-order chi connectivity index (χ1) is 14.2. The lowest BCUT2D eigenvalue weighted by molar-refractivity contribution is -0.130. The average molecular weight is 411 g/mol. The van der Waals surface area contributed by atoms with E-state index in [1.165, 1.54) is 0 Å². The van der Waals surface area contributed by atoms with Gasteiger partial charge in [-0.1, -0.05) is 23.5 Å². The van der Waals surface area contributed by atoms with E-state index in [2.05, 4.69) is 11.0 Å². The quantitative estimate of drug-likeness (QED) is 0.658. The minimum atomic E-state index is 0.134. The Labute approximate surface area is 172 Å². The SMILES string of the molecule is COc1cccc2sc(N3CCN(C(=O)Cc4ccc5c(c4)OCO5)CC3)nc12. The number of carbonyl (C=O) groups excluding carboxylic acids is 1. The Kier molecular flexibility index (Phi) is 4.63. The molecule has 1 saturated heterocycles. The molecule has 3 heterocycles. The Bertz CT molecular complexity index is 1060. The summed E-state index contributed by atoms with van der Waals surface area (Å²) in [5.41, 5.74) is 1.84. The van der Waals surface area contributed by atoms with Crippen molar-refractivity contribution in [1.29, 1.82) is 0 Å². The second-order valence-corrected chi connectivity index (χ2v) is 8.04. The van der Waals surface area contributed by atoms with Crippen LogP contribution < -0.4 is 19.1 Å². The number of aromatic nitrogens is 1. The van der Waals surface area contributed by atoms with Gasteiger partial charge in [-0.15, -0.1) is 0 Å². The van der Waals surface area contributed by atoms with Crippen LogP contribution in [0.4, 0.5) is 5.13 Å². The van der Waals surface area contributed by atoms with Crippen LogP contribution in [-0.2, 0) is 11.2 Å². The summed E-state index contributed by atoms with van der Waals surface area (Å²) in [6.45, 7) is 3.17. The highest BCUT2D eigenvalue weighted by molar-refractivity contribution is 7.22. The van der Waals surface area contributed by atoms with Gasteiger partial charge in [0.15, 0.2) is 16.6 Å². The first kappa shape index (κ1) is 18.1. The van der Waals surface area contributed by atoms with E-state index in [1.54, 1.807) is 18.4 Å². The highest BCUT2D eigenvalue weighted by Gasteiger charge is 2.24. The van der Waals surface area contributed by atoms with Crippen LogP contribution in [0.2, 0.25) is 0 Å². The summed E-state index contributed by atoms with van der Waals surface area (Å²) in [6, 6.07) is 11.7. The highest BCUT2D eigenvalue weighted by atomic mass is 32.1. The number of fused-ring (bicyclic) bond motifs is 2. The van der Waals surface area contributed by atoms with Gasteiger partial charge in [-0.3, -0.25) is 4.79 Å². The van der Waals surface area contributed by atoms with Gasteiger partial charge in [0.05, 0.1) is 18.2 Å². The second kappa shape index (κ2) is 7.44. The lowest BCUT2D eigenvalue weighted by atomic mass is 10.1. The Balaban J connectivity index is 1.23. The number of benzene rings is 2. The van der Waals surface area contributed by atoms with Gasteiger partial charge in [0.25, 0.3) is 0 Å². The molecule has 150 valence electrons. The number of methoxy groups -OCH3 is 1. The maximum Gasteiger partial charge on any atom is 0.231 e. The molecule has 0 N–H and O–H groups in total. The molecule has 29 heavy (non-hydrogen) atoms. The number of rotatable bonds is 4. The number of para-hydroxylation sites is 1. The van der Waals surface area contributed by atoms with Gasteiger partial charge in [0.2, 0.25) is 12.7 Å². The summed E-state index contributed by atoms with van der Waals surface area (Å²) in [6.07, 6.45) is 0.370. The van der Waals surface area contributed by atoms with E-state index >= 15 is 0 Å². The molecular weight excluding hydrogens is 390 g/mol. The smallest absolute Gasteiger partial charge is 0.231 e. The molecule has 7 nitrogen and oxygen atoms in total. The zero-order valence-corrected chi connectivity index (χ0v) is 16.9. The van der Waals surface area contributed by atoms with Crippen molar-refractivity contribution in [3.8, 4) is 17.2 Å². The summed E-state index contributed by atoms with van der Waals surface area (Å²) in [5, 5.41) is 0.979. The number of amides is 1. The summed E-state index contributed by atoms with van der Waals surface area (Å²) >= 11 is 1.66. The van der Waals surface area contributed by atoms with E-state index in [1.807, 2.05) is 35.2 Å². The molecule has 0 radical (unpaired) electrons. The van der Waals surface area contributed by atoms with E-state index < -0.39 is 0 Å². The van der Waals surface area contributed by atoms with Crippen LogP contribution in [0.25, 0.3) is 10.2 Å². The molecule has 0 spiro atoms. The largest absolute Gasteiger partial charge is 0.494 e. The molecule has 0 saturated carbocycles. The van der Waals surface area contributed by atoms with Gasteiger partial charge in [-0.05, 0) is 29.8 Å². The molecule has 0 bridgehead atoms. The minimum Gasteiger partial charge on any atom is -0.494 e. The summed E-state index contributed by atoms with van der Waals surface area (Å²) in [4.78, 5) is 21.7. The lowest BCUT2D eigenvalue weighted by Gasteiger charge is -2.34. The number of ether oxygens (including phenoxy) is 3. The van der Waals surface area contributed by atoms with Crippen molar-refractivity contribution in [1.82, 2.24) is 9.88 Å². The van der Waals surface area contributed by atoms with Crippen molar-refractivity contribution < 1.29 is 19.0 Å². The fraction of sp³-hybridized carbons (Fsp3) is 0.333. The molecule has 2 aromatic carbocycles. The molecule has 1 aromatic heterocycles. The Morgan fingerprint density at radius 1 is 1.14 bits per heavy atom. The fourth-order valence-electron chi connectivity index (χ4n) is 3.70. The molecule has 2 aliphatic rings. The van der Waals surface area contributed by atoms with Crippen molar-refractivity contribution in [2.45, 2.75) is 6.42 Å². The van der Waals surface area contributed by atoms with Crippen LogP contribution >= 0.6 is 11.3 Å². The Morgan fingerprint density at radius 3 is 2.79 bits per heavy atom. The number of hydrogen-bond donors (Lipinski definition) is 0. The number of anilines is 1. The van der Waals surface area contributed by atoms with Crippen LogP contribution in [0.15, 0.2) is 36.4 Å². The van der Waals surface area contributed by atoms with Gasteiger partial charge in [-0.2, -0.15) is 0 Å². The number of nitrogens with zero attached hydrogens (tertiary/aromatic N) is 3. The third kappa shape index (κ3) is 3.44. The molecule has 3 aromatic rings. The second-order valence-electron chi connectivity index (χ2n) is 7.04. The van der Waals surface area contributed by atoms with Gasteiger partial charge >= 0.3 is 0 Å². The maximum absolute atomic E-state index is 12.7. The van der Waals surface area contributed by atoms with Crippen LogP contribution in [0.1, 0.15) is 5.56 Å². The zero-order chi connectivity index (χ0) is 19.8. The third-order valence-electron chi connectivity index (χ3n) is 5.29. The van der Waals surface area contributed by atoms with E-state index in [4.69, 9.17) is 19.2 Å². The van der Waals surface area contributed by atoms with E-state index in [-0.39, 0.29) is 12.7 Å². The summed E-state index contributed by atoms with van der Waals surface area (Å²) < 4.78 is 17.3. The van der Waals surface area contributed by atoms with Gasteiger partial charge < -0.3 is 24.0 Å². The summed E-state index contributed by atoms with van der Waals surface area (Å²) in [5.74, 6) is 2.38. The minimum absolute atomic E-state index is 0.134. The third-order valence-corrected chi connectivity index (χ3v) is 6.37. The van der Waals surface area contributed by atoms with Crippen LogP contribution in [0.3, 0.4) is 0 Å². The fourth-order valence-corrected chi connectivity index (χ4v) is 4.73. The predicted molar refractivity (Wildman–Crippen MR) is 111 cm³/mol. The van der Waals surface area contributed by atoms with E-state index in [9.17, 15) is 4.79 Å². The van der Waals surface area contributed by atoms with Crippen molar-refractivity contribution in [2.24, 2.45) is 0 Å². The lowest BCUT2D eigenvalue weighted by Crippen LogP contribution is -2.49. The van der Waals surface area contributed by atoms with Gasteiger partial charge in [0.1, 0.15) is 11.3 Å². The molecule has 1 fully saturated rings. The monoisotopic (exact) mass is 411 g/mol. The molecule has 2 aliphatic heterocycles. The normalized spacial score (nSPS) is 15.8. The molecule has 8 heteroatoms. The maximum atomic E-state index is 12.7. The summed E-state index contributed by atoms with van der Waals surface area (Å²) in [7, 11) is 1.67. The van der Waals surface area contributed by atoms with Crippen molar-refractivity contribution in [3.05, 3.63) is 42.0 Å². The molecule has 5 rings (SSSR count). The predicted octanol–water partition coefficient (Wildman–Crippen LogP) is 2.92. The number of carbonyl (C=O) groups is 1. The van der Waals surface area contributed by atoms with Crippen LogP contribution in [-0.4, -0.2) is 55.9 Å². The Hall–Kier alpha value is -3.00. The van der Waals surface area contributed by atoms with Crippen molar-refractivity contribution >= 4 is 32.6 Å². The Morgan fingerprint density at radius 2 is 1.97 bits per heavy atom. The number of piperazine rings is 1. The van der Waals surface area contributed by atoms with Crippen molar-refractivity contribution in [2.75, 3.05) is 45.0 Å². The molecular formula is C21H21N3O4S. The first-order valence-electron chi connectivity index (χ1n) is 9.56. The van der Waals surface area contributed by atoms with E-state index in [0.29, 0.717) is 25.3 Å². The standard InChI is InChI=1S/C21H21N3O4S/c1-26-16-3-2-4-18-20(16)22-21(29-18)24-9-7-23(8-10-24)19(25)12-14-5-6-15-17(11-14)28-13-27-15/h2-6,11H,7-10,12-13H2,1H3. The zero-order valence-electron chi connectivity index (χ0n) is 16.1. The number of thiazole rings is 1. The molecule has 0 unspecified atom stereocenters. The van der Waals surface area contributed by atoms with Gasteiger partial charge in [0, 0.05) is 26.2 Å². The van der Waals surface area contributed by atoms with Gasteiger partial charge in [-0.25, -0.2) is 4.98 Å². The van der Waals surface area contributed by atoms with Crippen LogP contribution in [0, 0.1) is 0 Å². The molecule has 1 amide bonds. The average Bonchev–Trinajstić information content (AvgIpc) is 3.40. The van der Waals surface area contributed by atoms with Crippen molar-refractivity contribution in [3.63, 3.8) is 0 Å². The highest BCUT2D eigenvalue weighted by Crippen LogP contribution is 2.35. The number of hydrogen-bond acceptors (Lipinski definition) is 7. The van der Waals surface area contributed by atoms with Crippen LogP contribution in [0.5, 0.6) is 17.2 Å². The molecule has 0 aliphatic carbocycles. The topological polar surface area (TPSA) is 64.1 Å². The first-order valence-corrected chi connectivity index (χ1v) is 10.4. The van der Waals surface area contributed by atoms with E-state index in [0.717, 1.165) is 45.5 Å². The molecule has 0 atom stereocenters.